The third-order valence-electron chi connectivity index (χ3n) is 6.33. The van der Waals surface area contributed by atoms with Crippen molar-refractivity contribution in [2.24, 2.45) is 5.73 Å². The van der Waals surface area contributed by atoms with Gasteiger partial charge in [0, 0.05) is 30.7 Å². The van der Waals surface area contributed by atoms with E-state index in [1.165, 1.54) is 0 Å². The molecule has 8 heteroatoms. The van der Waals surface area contributed by atoms with Gasteiger partial charge in [-0.25, -0.2) is 4.79 Å². The Balaban J connectivity index is 1.53. The van der Waals surface area contributed by atoms with Gasteiger partial charge in [0.05, 0.1) is 24.6 Å². The summed E-state index contributed by atoms with van der Waals surface area (Å²) in [6, 6.07) is 22.8. The van der Waals surface area contributed by atoms with Crippen LogP contribution >= 0.6 is 0 Å². The highest BCUT2D eigenvalue weighted by atomic mass is 16.5. The van der Waals surface area contributed by atoms with Gasteiger partial charge in [0.1, 0.15) is 6.61 Å². The first-order chi connectivity index (χ1) is 17.9. The van der Waals surface area contributed by atoms with E-state index in [0.29, 0.717) is 37.6 Å². The van der Waals surface area contributed by atoms with Crippen LogP contribution in [0.2, 0.25) is 0 Å². The van der Waals surface area contributed by atoms with Crippen LogP contribution < -0.4 is 21.3 Å². The molecular weight excluding hydrogens is 468 g/mol. The van der Waals surface area contributed by atoms with Crippen LogP contribution in [0.15, 0.2) is 72.8 Å². The molecule has 0 spiro atoms. The van der Waals surface area contributed by atoms with Crippen LogP contribution in [-0.4, -0.2) is 37.3 Å². The fraction of sp³-hybridized carbons (Fsp3) is 0.310. The third-order valence-corrected chi connectivity index (χ3v) is 6.33. The quantitative estimate of drug-likeness (QED) is 0.421. The molecule has 1 aliphatic heterocycles. The number of nitrogens with one attached hydrogen (secondary N) is 2. The van der Waals surface area contributed by atoms with Crippen molar-refractivity contribution >= 4 is 23.4 Å². The second-order valence-corrected chi connectivity index (χ2v) is 9.27. The molecule has 1 heterocycles. The van der Waals surface area contributed by atoms with Gasteiger partial charge in [-0.1, -0.05) is 54.6 Å². The lowest BCUT2D eigenvalue weighted by Crippen LogP contribution is -2.50. The van der Waals surface area contributed by atoms with Crippen molar-refractivity contribution in [2.45, 2.75) is 45.6 Å². The van der Waals surface area contributed by atoms with Gasteiger partial charge in [-0.05, 0) is 48.7 Å². The molecule has 194 valence electrons. The van der Waals surface area contributed by atoms with E-state index in [2.05, 4.69) is 29.4 Å². The number of nitrogens with zero attached hydrogens (tertiary/aromatic N) is 1. The molecule has 1 aliphatic rings. The molecule has 2 atom stereocenters. The first kappa shape index (κ1) is 26.2. The molecule has 0 bridgehead atoms. The zero-order valence-electron chi connectivity index (χ0n) is 21.3. The molecule has 1 fully saturated rings. The number of morpholine rings is 1. The summed E-state index contributed by atoms with van der Waals surface area (Å²) in [4.78, 5) is 28.0. The first-order valence-corrected chi connectivity index (χ1v) is 12.5. The van der Waals surface area contributed by atoms with E-state index in [4.69, 9.17) is 15.2 Å². The van der Waals surface area contributed by atoms with Crippen LogP contribution in [0.1, 0.15) is 40.9 Å². The highest BCUT2D eigenvalue weighted by Crippen LogP contribution is 2.32. The van der Waals surface area contributed by atoms with Crippen molar-refractivity contribution in [3.8, 4) is 0 Å². The number of hydrogen-bond acceptors (Lipinski definition) is 6. The molecule has 0 aliphatic carbocycles. The second kappa shape index (κ2) is 12.4. The minimum absolute atomic E-state index is 0.0964. The van der Waals surface area contributed by atoms with Crippen molar-refractivity contribution in [2.75, 3.05) is 23.4 Å². The molecule has 4 rings (SSSR count). The molecule has 2 amide bonds. The molecule has 0 radical (unpaired) electrons. The van der Waals surface area contributed by atoms with Gasteiger partial charge in [0.2, 0.25) is 0 Å². The summed E-state index contributed by atoms with van der Waals surface area (Å²) >= 11 is 0. The average molecular weight is 503 g/mol. The molecule has 0 aromatic heterocycles. The van der Waals surface area contributed by atoms with Crippen LogP contribution in [0.25, 0.3) is 0 Å². The summed E-state index contributed by atoms with van der Waals surface area (Å²) in [5, 5.41) is 5.82. The van der Waals surface area contributed by atoms with Gasteiger partial charge in [-0.15, -0.1) is 0 Å². The molecule has 0 saturated carbocycles. The molecule has 2 unspecified atom stereocenters. The van der Waals surface area contributed by atoms with Crippen molar-refractivity contribution < 1.29 is 19.1 Å². The first-order valence-electron chi connectivity index (χ1n) is 12.5. The average Bonchev–Trinajstić information content (AvgIpc) is 2.92. The molecular formula is C29H34N4O4. The molecule has 37 heavy (non-hydrogen) atoms. The summed E-state index contributed by atoms with van der Waals surface area (Å²) in [5.41, 5.74) is 10.3. The number of anilines is 2. The van der Waals surface area contributed by atoms with Crippen LogP contribution in [0.5, 0.6) is 0 Å². The lowest BCUT2D eigenvalue weighted by atomic mass is 10.1. The standard InChI is InChI=1S/C29H34N4O4/c1-20-17-36-18-21(2)33(20)27-12-11-25(28(34)31-16-24-10-6-9-23(13-24)15-30)14-26(27)32-29(35)37-19-22-7-4-3-5-8-22/h3-14,20-21H,15-19,30H2,1-2H3,(H,31,34)(H,32,35). The number of hydrogen-bond donors (Lipinski definition) is 3. The van der Waals surface area contributed by atoms with Crippen LogP contribution in [0.4, 0.5) is 16.2 Å². The lowest BCUT2D eigenvalue weighted by Gasteiger charge is -2.41. The number of nitrogens with two attached hydrogens (primary N) is 1. The summed E-state index contributed by atoms with van der Waals surface area (Å²) < 4.78 is 11.1. The second-order valence-electron chi connectivity index (χ2n) is 9.27. The Bertz CT molecular complexity index is 1210. The van der Waals surface area contributed by atoms with Crippen molar-refractivity contribution in [3.05, 3.63) is 95.1 Å². The summed E-state index contributed by atoms with van der Waals surface area (Å²) in [5.74, 6) is -0.242. The minimum atomic E-state index is -0.588. The van der Waals surface area contributed by atoms with Crippen LogP contribution in [0, 0.1) is 0 Å². The third kappa shape index (κ3) is 6.87. The monoisotopic (exact) mass is 502 g/mol. The topological polar surface area (TPSA) is 106 Å². The fourth-order valence-electron chi connectivity index (χ4n) is 4.50. The summed E-state index contributed by atoms with van der Waals surface area (Å²) in [6.07, 6.45) is -0.588. The van der Waals surface area contributed by atoms with E-state index in [1.54, 1.807) is 12.1 Å². The summed E-state index contributed by atoms with van der Waals surface area (Å²) in [7, 11) is 0. The fourth-order valence-corrected chi connectivity index (χ4v) is 4.50. The predicted octanol–water partition coefficient (Wildman–Crippen LogP) is 4.44. The molecule has 8 nitrogen and oxygen atoms in total. The Morgan fingerprint density at radius 1 is 0.946 bits per heavy atom. The van der Waals surface area contributed by atoms with E-state index in [-0.39, 0.29) is 24.6 Å². The maximum Gasteiger partial charge on any atom is 0.412 e. The largest absolute Gasteiger partial charge is 0.444 e. The predicted molar refractivity (Wildman–Crippen MR) is 144 cm³/mol. The van der Waals surface area contributed by atoms with Crippen molar-refractivity contribution in [1.82, 2.24) is 5.32 Å². The normalized spacial score (nSPS) is 17.2. The number of ether oxygens (including phenoxy) is 2. The Morgan fingerprint density at radius 3 is 2.38 bits per heavy atom. The Labute approximate surface area is 217 Å². The Morgan fingerprint density at radius 2 is 1.65 bits per heavy atom. The smallest absolute Gasteiger partial charge is 0.412 e. The lowest BCUT2D eigenvalue weighted by molar-refractivity contribution is 0.0757. The van der Waals surface area contributed by atoms with Crippen molar-refractivity contribution in [1.29, 1.82) is 0 Å². The molecule has 3 aromatic rings. The van der Waals surface area contributed by atoms with E-state index in [1.807, 2.05) is 60.7 Å². The van der Waals surface area contributed by atoms with E-state index >= 15 is 0 Å². The number of benzene rings is 3. The van der Waals surface area contributed by atoms with E-state index in [9.17, 15) is 9.59 Å². The van der Waals surface area contributed by atoms with E-state index in [0.717, 1.165) is 22.4 Å². The maximum atomic E-state index is 13.0. The zero-order valence-corrected chi connectivity index (χ0v) is 21.3. The Kier molecular flexibility index (Phi) is 8.77. The van der Waals surface area contributed by atoms with Gasteiger partial charge < -0.3 is 25.4 Å². The minimum Gasteiger partial charge on any atom is -0.444 e. The highest BCUT2D eigenvalue weighted by molar-refractivity contribution is 5.98. The van der Waals surface area contributed by atoms with Gasteiger partial charge in [-0.3, -0.25) is 10.1 Å². The van der Waals surface area contributed by atoms with Crippen LogP contribution in [0.3, 0.4) is 0 Å². The number of carbonyl (C=O) groups excluding carboxylic acids is 2. The number of rotatable bonds is 8. The molecule has 4 N–H and O–H groups in total. The summed E-state index contributed by atoms with van der Waals surface area (Å²) in [6.45, 7) is 6.25. The number of amides is 2. The number of carbonyl (C=O) groups is 2. The SMILES string of the molecule is CC1COCC(C)N1c1ccc(C(=O)NCc2cccc(CN)c2)cc1NC(=O)OCc1ccccc1. The maximum absolute atomic E-state index is 13.0. The van der Waals surface area contributed by atoms with Gasteiger partial charge in [0.25, 0.3) is 5.91 Å². The molecule has 3 aromatic carbocycles. The van der Waals surface area contributed by atoms with Crippen LogP contribution in [-0.2, 0) is 29.2 Å². The van der Waals surface area contributed by atoms with Gasteiger partial charge in [-0.2, -0.15) is 0 Å². The Hall–Kier alpha value is -3.88. The highest BCUT2D eigenvalue weighted by Gasteiger charge is 2.28. The van der Waals surface area contributed by atoms with E-state index < -0.39 is 6.09 Å². The van der Waals surface area contributed by atoms with Gasteiger partial charge >= 0.3 is 6.09 Å². The zero-order chi connectivity index (χ0) is 26.2. The van der Waals surface area contributed by atoms with Crippen molar-refractivity contribution in [3.63, 3.8) is 0 Å². The molecule has 1 saturated heterocycles. The van der Waals surface area contributed by atoms with Gasteiger partial charge in [0.15, 0.2) is 0 Å².